The molecule has 0 aromatic carbocycles. The van der Waals surface area contributed by atoms with Gasteiger partial charge in [-0.2, -0.15) is 0 Å². The van der Waals surface area contributed by atoms with Gasteiger partial charge < -0.3 is 5.11 Å². The molecule has 1 aliphatic rings. The molecule has 2 heterocycles. The zero-order valence-electron chi connectivity index (χ0n) is 10.2. The maximum atomic E-state index is 11.6. The molecule has 0 spiro atoms. The second-order valence-corrected chi connectivity index (χ2v) is 5.24. The van der Waals surface area contributed by atoms with Gasteiger partial charge in [0.15, 0.2) is 0 Å². The molecule has 0 saturated carbocycles. The number of nitrogens with zero attached hydrogens (tertiary/aromatic N) is 1. The first kappa shape index (κ1) is 13.5. The number of likely N-dealkylation sites (tertiary alicyclic amines) is 1. The van der Waals surface area contributed by atoms with Crippen molar-refractivity contribution >= 4 is 35.2 Å². The van der Waals surface area contributed by atoms with E-state index in [1.807, 2.05) is 0 Å². The van der Waals surface area contributed by atoms with Crippen molar-refractivity contribution in [3.63, 3.8) is 0 Å². The first-order valence-corrected chi connectivity index (χ1v) is 6.76. The molecule has 0 radical (unpaired) electrons. The zero-order valence-corrected chi connectivity index (χ0v) is 11.0. The highest BCUT2D eigenvalue weighted by molar-refractivity contribution is 7.10. The highest BCUT2D eigenvalue weighted by Crippen LogP contribution is 2.21. The number of carbonyl (C=O) groups excluding carboxylic acids is 2. The highest BCUT2D eigenvalue weighted by Gasteiger charge is 2.26. The van der Waals surface area contributed by atoms with Gasteiger partial charge in [-0.25, -0.2) is 4.79 Å². The summed E-state index contributed by atoms with van der Waals surface area (Å²) >= 11 is 1.41. The van der Waals surface area contributed by atoms with Gasteiger partial charge in [0.1, 0.15) is 0 Å². The molecule has 1 aromatic heterocycles. The Morgan fingerprint density at radius 2 is 2.05 bits per heavy atom. The smallest absolute Gasteiger partial charge is 0.328 e. The Hall–Kier alpha value is -1.95. The van der Waals surface area contributed by atoms with Crippen LogP contribution in [0.1, 0.15) is 29.7 Å². The van der Waals surface area contributed by atoms with Crippen LogP contribution in [-0.4, -0.2) is 27.8 Å². The summed E-state index contributed by atoms with van der Waals surface area (Å²) in [6.07, 6.45) is 4.02. The third-order valence-electron chi connectivity index (χ3n) is 2.79. The maximum absolute atomic E-state index is 11.6. The number of thiophene rings is 1. The van der Waals surface area contributed by atoms with Crippen molar-refractivity contribution in [1.29, 1.82) is 0 Å². The minimum atomic E-state index is -1.01. The Kier molecular flexibility index (Phi) is 4.11. The molecule has 0 aliphatic carbocycles. The molecule has 1 N–H and O–H groups in total. The molecule has 100 valence electrons. The SMILES string of the molecule is O=C(O)C=Cc1csc(CN2C(=O)CCCC2=O)c1. The van der Waals surface area contributed by atoms with E-state index in [-0.39, 0.29) is 18.4 Å². The number of hydrogen-bond acceptors (Lipinski definition) is 4. The standard InChI is InChI=1S/C13H13NO4S/c15-11-2-1-3-12(16)14(11)7-10-6-9(8-19-10)4-5-13(17)18/h4-6,8H,1-3,7H2,(H,17,18). The van der Waals surface area contributed by atoms with Gasteiger partial charge in [0.05, 0.1) is 6.54 Å². The molecule has 0 bridgehead atoms. The summed E-state index contributed by atoms with van der Waals surface area (Å²) in [7, 11) is 0. The van der Waals surface area contributed by atoms with Crippen LogP contribution in [0.2, 0.25) is 0 Å². The average molecular weight is 279 g/mol. The van der Waals surface area contributed by atoms with Crippen molar-refractivity contribution in [3.8, 4) is 0 Å². The van der Waals surface area contributed by atoms with E-state index in [1.165, 1.54) is 22.3 Å². The molecule has 6 heteroatoms. The summed E-state index contributed by atoms with van der Waals surface area (Å²) in [4.78, 5) is 35.8. The molecule has 5 nitrogen and oxygen atoms in total. The summed E-state index contributed by atoms with van der Waals surface area (Å²) in [5.41, 5.74) is 0.763. The average Bonchev–Trinajstić information content (AvgIpc) is 2.79. The second-order valence-electron chi connectivity index (χ2n) is 4.25. The Morgan fingerprint density at radius 3 is 2.68 bits per heavy atom. The van der Waals surface area contributed by atoms with Crippen LogP contribution in [0.3, 0.4) is 0 Å². The van der Waals surface area contributed by atoms with Gasteiger partial charge in [-0.3, -0.25) is 14.5 Å². The van der Waals surface area contributed by atoms with Crippen LogP contribution in [0.5, 0.6) is 0 Å². The number of carbonyl (C=O) groups is 3. The van der Waals surface area contributed by atoms with Gasteiger partial charge in [-0.05, 0) is 29.5 Å². The fourth-order valence-electron chi connectivity index (χ4n) is 1.87. The Bertz CT molecular complexity index is 531. The lowest BCUT2D eigenvalue weighted by Gasteiger charge is -2.24. The van der Waals surface area contributed by atoms with E-state index in [2.05, 4.69) is 0 Å². The topological polar surface area (TPSA) is 74.7 Å². The fraction of sp³-hybridized carbons (Fsp3) is 0.308. The van der Waals surface area contributed by atoms with E-state index in [1.54, 1.807) is 11.4 Å². The predicted octanol–water partition coefficient (Wildman–Crippen LogP) is 1.89. The van der Waals surface area contributed by atoms with E-state index < -0.39 is 5.97 Å². The summed E-state index contributed by atoms with van der Waals surface area (Å²) in [5, 5.41) is 10.3. The molecule has 0 unspecified atom stereocenters. The fourth-order valence-corrected chi connectivity index (χ4v) is 2.71. The predicted molar refractivity (Wildman–Crippen MR) is 70.4 cm³/mol. The second kappa shape index (κ2) is 5.79. The van der Waals surface area contributed by atoms with Gasteiger partial charge in [0.25, 0.3) is 0 Å². The molecule has 1 aliphatic heterocycles. The molecular weight excluding hydrogens is 266 g/mol. The number of imide groups is 1. The van der Waals surface area contributed by atoms with Crippen LogP contribution in [0.15, 0.2) is 17.5 Å². The van der Waals surface area contributed by atoms with Crippen molar-refractivity contribution < 1.29 is 19.5 Å². The Balaban J connectivity index is 2.05. The molecule has 19 heavy (non-hydrogen) atoms. The molecule has 1 aromatic rings. The number of carboxylic acid groups (broad SMARTS) is 1. The van der Waals surface area contributed by atoms with Crippen LogP contribution < -0.4 is 0 Å². The van der Waals surface area contributed by atoms with Crippen LogP contribution in [0.25, 0.3) is 6.08 Å². The third-order valence-corrected chi connectivity index (χ3v) is 3.73. The van der Waals surface area contributed by atoms with Crippen molar-refractivity contribution in [2.24, 2.45) is 0 Å². The number of amides is 2. The molecule has 1 fully saturated rings. The van der Waals surface area contributed by atoms with Gasteiger partial charge in [0, 0.05) is 23.8 Å². The molecular formula is C13H13NO4S. The highest BCUT2D eigenvalue weighted by atomic mass is 32.1. The van der Waals surface area contributed by atoms with Crippen LogP contribution in [-0.2, 0) is 20.9 Å². The molecule has 2 rings (SSSR count). The number of hydrogen-bond donors (Lipinski definition) is 1. The summed E-state index contributed by atoms with van der Waals surface area (Å²) in [6.45, 7) is 0.281. The summed E-state index contributed by atoms with van der Waals surface area (Å²) in [6, 6.07) is 1.79. The lowest BCUT2D eigenvalue weighted by Crippen LogP contribution is -2.39. The largest absolute Gasteiger partial charge is 0.478 e. The Labute approximate surface area is 114 Å². The minimum Gasteiger partial charge on any atom is -0.478 e. The molecule has 0 atom stereocenters. The van der Waals surface area contributed by atoms with Crippen molar-refractivity contribution in [3.05, 3.63) is 28.0 Å². The van der Waals surface area contributed by atoms with Gasteiger partial charge in [0.2, 0.25) is 11.8 Å². The van der Waals surface area contributed by atoms with Gasteiger partial charge >= 0.3 is 5.97 Å². The van der Waals surface area contributed by atoms with E-state index in [9.17, 15) is 14.4 Å². The normalized spacial score (nSPS) is 16.3. The Morgan fingerprint density at radius 1 is 1.37 bits per heavy atom. The first-order valence-electron chi connectivity index (χ1n) is 5.88. The number of carboxylic acids is 1. The maximum Gasteiger partial charge on any atom is 0.328 e. The van der Waals surface area contributed by atoms with Crippen molar-refractivity contribution in [1.82, 2.24) is 4.90 Å². The zero-order chi connectivity index (χ0) is 13.8. The first-order chi connectivity index (χ1) is 9.06. The quantitative estimate of drug-likeness (QED) is 0.674. The van der Waals surface area contributed by atoms with Gasteiger partial charge in [-0.15, -0.1) is 11.3 Å². The van der Waals surface area contributed by atoms with E-state index in [0.29, 0.717) is 19.3 Å². The number of piperidine rings is 1. The number of rotatable bonds is 4. The third kappa shape index (κ3) is 3.51. The lowest BCUT2D eigenvalue weighted by molar-refractivity contribution is -0.148. The summed E-state index contributed by atoms with van der Waals surface area (Å²) in [5.74, 6) is -1.27. The number of aliphatic carboxylic acids is 1. The van der Waals surface area contributed by atoms with E-state index in [4.69, 9.17) is 5.11 Å². The molecule has 2 amide bonds. The van der Waals surface area contributed by atoms with Crippen LogP contribution in [0.4, 0.5) is 0 Å². The van der Waals surface area contributed by atoms with Crippen molar-refractivity contribution in [2.75, 3.05) is 0 Å². The monoisotopic (exact) mass is 279 g/mol. The minimum absolute atomic E-state index is 0.132. The van der Waals surface area contributed by atoms with Crippen molar-refractivity contribution in [2.45, 2.75) is 25.8 Å². The van der Waals surface area contributed by atoms with E-state index >= 15 is 0 Å². The van der Waals surface area contributed by atoms with E-state index in [0.717, 1.165) is 16.5 Å². The summed E-state index contributed by atoms with van der Waals surface area (Å²) < 4.78 is 0. The lowest BCUT2D eigenvalue weighted by atomic mass is 10.1. The molecule has 1 saturated heterocycles. The van der Waals surface area contributed by atoms with Crippen LogP contribution >= 0.6 is 11.3 Å². The van der Waals surface area contributed by atoms with Crippen LogP contribution in [0, 0.1) is 0 Å². The van der Waals surface area contributed by atoms with Gasteiger partial charge in [-0.1, -0.05) is 0 Å².